The molecule has 5 aromatic carbocycles. The van der Waals surface area contributed by atoms with Gasteiger partial charge in [0.1, 0.15) is 0 Å². The molecule has 0 saturated heterocycles. The van der Waals surface area contributed by atoms with Crippen molar-refractivity contribution in [1.82, 2.24) is 0 Å². The van der Waals surface area contributed by atoms with Gasteiger partial charge in [0.2, 0.25) is 0 Å². The zero-order valence-corrected chi connectivity index (χ0v) is 22.3. The zero-order chi connectivity index (χ0) is 25.1. The van der Waals surface area contributed by atoms with Gasteiger partial charge in [-0.05, 0) is 39.4 Å². The van der Waals surface area contributed by atoms with Gasteiger partial charge in [-0.25, -0.2) is 0 Å². The smallest absolute Gasteiger partial charge is 0.0434 e. The monoisotopic (exact) mass is 520 g/mol. The summed E-state index contributed by atoms with van der Waals surface area (Å²) in [5.41, 5.74) is 9.27. The van der Waals surface area contributed by atoms with E-state index in [1.54, 1.807) is 0 Å². The molecule has 1 aromatic heterocycles. The lowest BCUT2D eigenvalue weighted by molar-refractivity contribution is 0.881. The second-order valence-corrected chi connectivity index (χ2v) is 12.2. The normalized spacial score (nSPS) is 17.7. The molecule has 0 nitrogen and oxygen atoms in total. The topological polar surface area (TPSA) is 0 Å². The fourth-order valence-electron chi connectivity index (χ4n) is 6.14. The highest BCUT2D eigenvalue weighted by molar-refractivity contribution is 8.00. The number of fused-ring (bicyclic) bond motifs is 6. The molecule has 0 bridgehead atoms. The average molecular weight is 521 g/mol. The van der Waals surface area contributed by atoms with Gasteiger partial charge >= 0.3 is 0 Å². The molecular weight excluding hydrogens is 497 g/mol. The van der Waals surface area contributed by atoms with Crippen molar-refractivity contribution in [3.05, 3.63) is 139 Å². The van der Waals surface area contributed by atoms with Crippen LogP contribution in [-0.4, -0.2) is 5.25 Å². The maximum absolute atomic E-state index is 2.36. The molecule has 1 aliphatic carbocycles. The zero-order valence-electron chi connectivity index (χ0n) is 20.7. The number of thioether (sulfide) groups is 1. The maximum Gasteiger partial charge on any atom is 0.0434 e. The highest BCUT2D eigenvalue weighted by Crippen LogP contribution is 2.53. The fourth-order valence-corrected chi connectivity index (χ4v) is 8.84. The molecule has 0 amide bonds. The summed E-state index contributed by atoms with van der Waals surface area (Å²) >= 11 is 3.91. The van der Waals surface area contributed by atoms with Crippen molar-refractivity contribution in [3.63, 3.8) is 0 Å². The number of rotatable bonds is 3. The summed E-state index contributed by atoms with van der Waals surface area (Å²) in [4.78, 5) is 1.43. The Hall–Kier alpha value is -3.85. The molecule has 8 rings (SSSR count). The summed E-state index contributed by atoms with van der Waals surface area (Å²) in [6, 6.07) is 40.3. The Kier molecular flexibility index (Phi) is 5.17. The molecule has 2 heteroatoms. The molecule has 0 saturated carbocycles. The van der Waals surface area contributed by atoms with E-state index < -0.39 is 0 Å². The summed E-state index contributed by atoms with van der Waals surface area (Å²) in [5, 5.41) is 3.17. The highest BCUT2D eigenvalue weighted by atomic mass is 32.2. The lowest BCUT2D eigenvalue weighted by atomic mass is 9.87. The van der Waals surface area contributed by atoms with Crippen molar-refractivity contribution in [2.75, 3.05) is 0 Å². The Labute approximate surface area is 231 Å². The van der Waals surface area contributed by atoms with Crippen molar-refractivity contribution in [1.29, 1.82) is 0 Å². The van der Waals surface area contributed by atoms with Gasteiger partial charge in [-0.15, -0.1) is 23.1 Å². The third kappa shape index (κ3) is 3.37. The first-order valence-electron chi connectivity index (χ1n) is 13.1. The van der Waals surface area contributed by atoms with E-state index in [1.165, 1.54) is 64.0 Å². The van der Waals surface area contributed by atoms with Gasteiger partial charge in [0.05, 0.1) is 0 Å². The first-order valence-corrected chi connectivity index (χ1v) is 14.8. The molecule has 0 spiro atoms. The minimum absolute atomic E-state index is 0.463. The number of thiophene rings is 1. The van der Waals surface area contributed by atoms with Gasteiger partial charge in [-0.1, -0.05) is 127 Å². The van der Waals surface area contributed by atoms with Gasteiger partial charge in [0.15, 0.2) is 0 Å². The van der Waals surface area contributed by atoms with Crippen molar-refractivity contribution in [3.8, 4) is 33.4 Å². The van der Waals surface area contributed by atoms with Crippen LogP contribution in [0.25, 0.3) is 53.6 Å². The van der Waals surface area contributed by atoms with Crippen LogP contribution in [0.3, 0.4) is 0 Å². The predicted molar refractivity (Wildman–Crippen MR) is 166 cm³/mol. The van der Waals surface area contributed by atoms with Crippen LogP contribution in [0.1, 0.15) is 11.5 Å². The predicted octanol–water partition coefficient (Wildman–Crippen LogP) is 10.7. The van der Waals surface area contributed by atoms with E-state index in [0.717, 1.165) is 0 Å². The van der Waals surface area contributed by atoms with E-state index in [-0.39, 0.29) is 0 Å². The van der Waals surface area contributed by atoms with E-state index in [0.29, 0.717) is 11.2 Å². The Morgan fingerprint density at radius 1 is 0.474 bits per heavy atom. The number of hydrogen-bond donors (Lipinski definition) is 0. The third-order valence-electron chi connectivity index (χ3n) is 7.87. The van der Waals surface area contributed by atoms with E-state index >= 15 is 0 Å². The first-order chi connectivity index (χ1) is 18.9. The van der Waals surface area contributed by atoms with E-state index in [4.69, 9.17) is 0 Å². The molecular formula is C36H24S2. The molecule has 2 unspecified atom stereocenters. The largest absolute Gasteiger partial charge is 0.135 e. The molecule has 2 atom stereocenters. The van der Waals surface area contributed by atoms with E-state index in [2.05, 4.69) is 133 Å². The lowest BCUT2D eigenvalue weighted by Gasteiger charge is -2.17. The van der Waals surface area contributed by atoms with Gasteiger partial charge in [0.25, 0.3) is 0 Å². The molecule has 180 valence electrons. The molecule has 2 heterocycles. The third-order valence-corrected chi connectivity index (χ3v) is 10.5. The van der Waals surface area contributed by atoms with Crippen molar-refractivity contribution in [2.45, 2.75) is 16.1 Å². The molecule has 0 N–H and O–H groups in total. The standard InChI is InChI=1S/C36H24S2/c1-3-13-25(29-17-9-19-31-27-15-5-7-21-33(27)37-35(29)31)23(11-1)24-12-2-4-14-26(24)30-18-10-20-32-28-16-6-8-22-34(28)38-36(30)32/h1-22,27,33H. The van der Waals surface area contributed by atoms with E-state index in [1.807, 2.05) is 23.1 Å². The fraction of sp³-hybridized carbons (Fsp3) is 0.0556. The summed E-state index contributed by atoms with van der Waals surface area (Å²) in [6.45, 7) is 0. The molecule has 38 heavy (non-hydrogen) atoms. The lowest BCUT2D eigenvalue weighted by Crippen LogP contribution is -2.06. The molecule has 1 aliphatic heterocycles. The van der Waals surface area contributed by atoms with Gasteiger partial charge in [0, 0.05) is 41.8 Å². The van der Waals surface area contributed by atoms with Gasteiger partial charge in [-0.3, -0.25) is 0 Å². The van der Waals surface area contributed by atoms with E-state index in [9.17, 15) is 0 Å². The van der Waals surface area contributed by atoms with Crippen molar-refractivity contribution >= 4 is 43.3 Å². The summed E-state index contributed by atoms with van der Waals surface area (Å²) in [5.74, 6) is 0.463. The summed E-state index contributed by atoms with van der Waals surface area (Å²) < 4.78 is 2.70. The molecule has 2 aliphatic rings. The Morgan fingerprint density at radius 3 is 1.87 bits per heavy atom. The Morgan fingerprint density at radius 2 is 1.05 bits per heavy atom. The van der Waals surface area contributed by atoms with Crippen molar-refractivity contribution < 1.29 is 0 Å². The van der Waals surface area contributed by atoms with Crippen LogP contribution in [0.15, 0.2) is 138 Å². The average Bonchev–Trinajstić information content (AvgIpc) is 3.56. The number of benzene rings is 5. The highest BCUT2D eigenvalue weighted by Gasteiger charge is 2.33. The van der Waals surface area contributed by atoms with Crippen LogP contribution < -0.4 is 0 Å². The minimum atomic E-state index is 0.463. The molecule has 6 aromatic rings. The minimum Gasteiger partial charge on any atom is -0.135 e. The van der Waals surface area contributed by atoms with Crippen molar-refractivity contribution in [2.24, 2.45) is 0 Å². The van der Waals surface area contributed by atoms with Crippen LogP contribution in [0.5, 0.6) is 0 Å². The first kappa shape index (κ1) is 22.2. The Balaban J connectivity index is 1.34. The molecule has 0 fully saturated rings. The second kappa shape index (κ2) is 8.87. The quantitative estimate of drug-likeness (QED) is 0.224. The van der Waals surface area contributed by atoms with Gasteiger partial charge in [-0.2, -0.15) is 0 Å². The van der Waals surface area contributed by atoms with Gasteiger partial charge < -0.3 is 0 Å². The maximum atomic E-state index is 2.36. The van der Waals surface area contributed by atoms with Crippen LogP contribution in [0.4, 0.5) is 0 Å². The number of hydrogen-bond acceptors (Lipinski definition) is 2. The number of allylic oxidation sites excluding steroid dienone is 3. The second-order valence-electron chi connectivity index (χ2n) is 9.97. The van der Waals surface area contributed by atoms with Crippen LogP contribution in [0.2, 0.25) is 0 Å². The Bertz CT molecular complexity index is 1920. The van der Waals surface area contributed by atoms with Crippen LogP contribution in [-0.2, 0) is 0 Å². The van der Waals surface area contributed by atoms with Crippen LogP contribution in [0, 0.1) is 0 Å². The summed E-state index contributed by atoms with van der Waals surface area (Å²) in [7, 11) is 0. The SMILES string of the molecule is C1=CC2Sc3c(-c4ccccc4-c4ccccc4-c4cccc5c4sc4ccccc45)cccc3C2C=C1. The van der Waals surface area contributed by atoms with Crippen LogP contribution >= 0.6 is 23.1 Å². The molecule has 0 radical (unpaired) electrons. The summed E-state index contributed by atoms with van der Waals surface area (Å²) in [6.07, 6.45) is 9.10.